The number of ether oxygens (including phenoxy) is 1. The molecule has 0 spiro atoms. The zero-order chi connectivity index (χ0) is 19.2. The number of hydrogen-bond donors (Lipinski definition) is 2. The lowest BCUT2D eigenvalue weighted by atomic mass is 10.1. The molecule has 2 heterocycles. The van der Waals surface area contributed by atoms with Gasteiger partial charge in [-0.2, -0.15) is 0 Å². The minimum Gasteiger partial charge on any atom is -0.504 e. The second-order valence-corrected chi connectivity index (χ2v) is 6.67. The highest BCUT2D eigenvalue weighted by Crippen LogP contribution is 2.33. The average Bonchev–Trinajstić information content (AvgIpc) is 3.20. The van der Waals surface area contributed by atoms with Gasteiger partial charge in [0, 0.05) is 18.7 Å². The van der Waals surface area contributed by atoms with Gasteiger partial charge in [0.25, 0.3) is 5.69 Å². The van der Waals surface area contributed by atoms with Crippen LogP contribution in [-0.4, -0.2) is 41.7 Å². The van der Waals surface area contributed by atoms with E-state index in [1.807, 2.05) is 12.1 Å². The van der Waals surface area contributed by atoms with Crippen molar-refractivity contribution in [1.29, 1.82) is 0 Å². The average molecular weight is 375 g/mol. The van der Waals surface area contributed by atoms with E-state index in [-0.39, 0.29) is 29.8 Å². The van der Waals surface area contributed by atoms with Gasteiger partial charge in [0.15, 0.2) is 11.5 Å². The minimum atomic E-state index is -0.495. The van der Waals surface area contributed by atoms with Gasteiger partial charge in [-0.15, -0.1) is 0 Å². The molecule has 1 atom stereocenters. The number of phenolic OH excluding ortho intramolecular Hbond substituents is 1. The summed E-state index contributed by atoms with van der Waals surface area (Å²) < 4.78 is 10.7. The lowest BCUT2D eigenvalue weighted by molar-refractivity contribution is -0.385. The molecule has 2 N–H and O–H groups in total. The maximum atomic E-state index is 11.3. The molecule has 0 aliphatic carbocycles. The standard InChI is InChI=1S/C19H25N3O5/c1-26-19-10-14(15(22(24)25)11-17(19)23)12-20-13-16(18-6-5-9-27-18)21-7-3-2-4-8-21/h5-6,9-11,16,20,23H,2-4,7-8,12-13H2,1H3. The topological polar surface area (TPSA) is 101 Å². The summed E-state index contributed by atoms with van der Waals surface area (Å²) in [6.45, 7) is 2.92. The van der Waals surface area contributed by atoms with Crippen molar-refractivity contribution >= 4 is 5.69 Å². The molecule has 1 aromatic carbocycles. The van der Waals surface area contributed by atoms with Crippen molar-refractivity contribution in [2.24, 2.45) is 0 Å². The van der Waals surface area contributed by atoms with E-state index < -0.39 is 4.92 Å². The highest BCUT2D eigenvalue weighted by molar-refractivity contribution is 5.53. The van der Waals surface area contributed by atoms with Crippen molar-refractivity contribution in [2.75, 3.05) is 26.7 Å². The number of likely N-dealkylation sites (tertiary alicyclic amines) is 1. The van der Waals surface area contributed by atoms with Gasteiger partial charge in [0.1, 0.15) is 5.76 Å². The summed E-state index contributed by atoms with van der Waals surface area (Å²) in [7, 11) is 1.42. The largest absolute Gasteiger partial charge is 0.504 e. The molecule has 1 unspecified atom stereocenters. The van der Waals surface area contributed by atoms with Crippen LogP contribution in [-0.2, 0) is 6.54 Å². The number of phenols is 1. The smallest absolute Gasteiger partial charge is 0.277 e. The molecular formula is C19H25N3O5. The van der Waals surface area contributed by atoms with Gasteiger partial charge in [0.2, 0.25) is 0 Å². The zero-order valence-corrected chi connectivity index (χ0v) is 15.4. The van der Waals surface area contributed by atoms with Crippen molar-refractivity contribution in [3.05, 3.63) is 52.0 Å². The first kappa shape index (κ1) is 19.2. The molecule has 1 aromatic heterocycles. The lowest BCUT2D eigenvalue weighted by Crippen LogP contribution is -2.38. The summed E-state index contributed by atoms with van der Waals surface area (Å²) in [5.41, 5.74) is 0.333. The SMILES string of the molecule is COc1cc(CNCC(c2ccco2)N2CCCCC2)c([N+](=O)[O-])cc1O. The van der Waals surface area contributed by atoms with E-state index >= 15 is 0 Å². The third-order valence-corrected chi connectivity index (χ3v) is 4.93. The number of nitrogens with zero attached hydrogens (tertiary/aromatic N) is 2. The van der Waals surface area contributed by atoms with Gasteiger partial charge < -0.3 is 19.6 Å². The Kier molecular flexibility index (Phi) is 6.31. The molecule has 1 saturated heterocycles. The number of benzene rings is 1. The number of hydrogen-bond acceptors (Lipinski definition) is 7. The third kappa shape index (κ3) is 4.58. The highest BCUT2D eigenvalue weighted by atomic mass is 16.6. The van der Waals surface area contributed by atoms with Crippen LogP contribution in [0.2, 0.25) is 0 Å². The first-order valence-electron chi connectivity index (χ1n) is 9.12. The van der Waals surface area contributed by atoms with Gasteiger partial charge >= 0.3 is 0 Å². The number of rotatable bonds is 8. The quantitative estimate of drug-likeness (QED) is 0.539. The number of furan rings is 1. The Bertz CT molecular complexity index is 757. The lowest BCUT2D eigenvalue weighted by Gasteiger charge is -2.33. The fourth-order valence-electron chi connectivity index (χ4n) is 3.54. The maximum Gasteiger partial charge on any atom is 0.277 e. The number of nitrogens with one attached hydrogen (secondary N) is 1. The van der Waals surface area contributed by atoms with Crippen LogP contribution in [0.3, 0.4) is 0 Å². The second kappa shape index (κ2) is 8.88. The van der Waals surface area contributed by atoms with Crippen LogP contribution >= 0.6 is 0 Å². The molecule has 0 saturated carbocycles. The summed E-state index contributed by atoms with van der Waals surface area (Å²) >= 11 is 0. The van der Waals surface area contributed by atoms with Crippen molar-refractivity contribution in [3.8, 4) is 11.5 Å². The van der Waals surface area contributed by atoms with Crippen LogP contribution in [0, 0.1) is 10.1 Å². The Morgan fingerprint density at radius 1 is 1.37 bits per heavy atom. The predicted octanol–water partition coefficient (Wildman–Crippen LogP) is 3.22. The van der Waals surface area contributed by atoms with Gasteiger partial charge in [-0.3, -0.25) is 15.0 Å². The molecule has 2 aromatic rings. The molecule has 8 heteroatoms. The molecule has 1 aliphatic heterocycles. The van der Waals surface area contributed by atoms with E-state index in [0.29, 0.717) is 12.1 Å². The molecule has 3 rings (SSSR count). The van der Waals surface area contributed by atoms with E-state index in [0.717, 1.165) is 37.8 Å². The van der Waals surface area contributed by atoms with Gasteiger partial charge in [-0.1, -0.05) is 6.42 Å². The summed E-state index contributed by atoms with van der Waals surface area (Å²) in [5.74, 6) is 0.868. The zero-order valence-electron chi connectivity index (χ0n) is 15.4. The molecular weight excluding hydrogens is 350 g/mol. The maximum absolute atomic E-state index is 11.3. The summed E-state index contributed by atoms with van der Waals surface area (Å²) in [6.07, 6.45) is 5.24. The van der Waals surface area contributed by atoms with Crippen LogP contribution in [0.25, 0.3) is 0 Å². The van der Waals surface area contributed by atoms with E-state index in [1.54, 1.807) is 6.26 Å². The fourth-order valence-corrected chi connectivity index (χ4v) is 3.54. The van der Waals surface area contributed by atoms with E-state index in [1.165, 1.54) is 19.6 Å². The van der Waals surface area contributed by atoms with Crippen molar-refractivity contribution in [3.63, 3.8) is 0 Å². The van der Waals surface area contributed by atoms with Crippen LogP contribution in [0.5, 0.6) is 11.5 Å². The van der Waals surface area contributed by atoms with Gasteiger partial charge in [0.05, 0.1) is 30.4 Å². The van der Waals surface area contributed by atoms with Crippen molar-refractivity contribution in [1.82, 2.24) is 10.2 Å². The Hall–Kier alpha value is -2.58. The van der Waals surface area contributed by atoms with E-state index in [4.69, 9.17) is 9.15 Å². The number of nitro benzene ring substituents is 1. The van der Waals surface area contributed by atoms with E-state index in [2.05, 4.69) is 10.2 Å². The Labute approximate surface area is 157 Å². The molecule has 0 amide bonds. The number of nitro groups is 1. The number of methoxy groups -OCH3 is 1. The molecule has 0 radical (unpaired) electrons. The van der Waals surface area contributed by atoms with Gasteiger partial charge in [-0.05, 0) is 44.1 Å². The number of piperidine rings is 1. The van der Waals surface area contributed by atoms with Crippen molar-refractivity contribution in [2.45, 2.75) is 31.8 Å². The van der Waals surface area contributed by atoms with E-state index in [9.17, 15) is 15.2 Å². The first-order chi connectivity index (χ1) is 13.1. The van der Waals surface area contributed by atoms with Crippen LogP contribution < -0.4 is 10.1 Å². The summed E-state index contributed by atoms with van der Waals surface area (Å²) in [6, 6.07) is 6.56. The number of aromatic hydroxyl groups is 1. The summed E-state index contributed by atoms with van der Waals surface area (Å²) in [5, 5.41) is 24.4. The van der Waals surface area contributed by atoms with Gasteiger partial charge in [-0.25, -0.2) is 0 Å². The monoisotopic (exact) mass is 375 g/mol. The Balaban J connectivity index is 1.72. The molecule has 0 bridgehead atoms. The first-order valence-corrected chi connectivity index (χ1v) is 9.12. The predicted molar refractivity (Wildman–Crippen MR) is 99.9 cm³/mol. The molecule has 8 nitrogen and oxygen atoms in total. The molecule has 146 valence electrons. The Morgan fingerprint density at radius 3 is 2.78 bits per heavy atom. The third-order valence-electron chi connectivity index (χ3n) is 4.93. The van der Waals surface area contributed by atoms with Crippen LogP contribution in [0.1, 0.15) is 36.6 Å². The second-order valence-electron chi connectivity index (χ2n) is 6.67. The van der Waals surface area contributed by atoms with Crippen molar-refractivity contribution < 1.29 is 19.2 Å². The normalized spacial score (nSPS) is 16.2. The fraction of sp³-hybridized carbons (Fsp3) is 0.474. The molecule has 1 fully saturated rings. The van der Waals surface area contributed by atoms with Crippen LogP contribution in [0.15, 0.2) is 34.9 Å². The minimum absolute atomic E-state index is 0.0818. The van der Waals surface area contributed by atoms with Crippen LogP contribution in [0.4, 0.5) is 5.69 Å². The molecule has 27 heavy (non-hydrogen) atoms. The Morgan fingerprint density at radius 2 is 2.15 bits per heavy atom. The highest BCUT2D eigenvalue weighted by Gasteiger charge is 2.25. The molecule has 1 aliphatic rings. The summed E-state index contributed by atoms with van der Waals surface area (Å²) in [4.78, 5) is 13.2.